The van der Waals surface area contributed by atoms with Crippen LogP contribution in [0.5, 0.6) is 0 Å². The highest BCUT2D eigenvalue weighted by atomic mass is 19.1. The number of nitrogens with zero attached hydrogens (tertiary/aromatic N) is 5. The van der Waals surface area contributed by atoms with Crippen molar-refractivity contribution in [2.24, 2.45) is 5.92 Å². The van der Waals surface area contributed by atoms with Crippen LogP contribution in [0.15, 0.2) is 66.9 Å². The normalized spacial score (nSPS) is 19.3. The lowest BCUT2D eigenvalue weighted by molar-refractivity contribution is -0.145. The number of pyridine rings is 2. The minimum atomic E-state index is -0.586. The van der Waals surface area contributed by atoms with E-state index in [0.717, 1.165) is 28.5 Å². The van der Waals surface area contributed by atoms with Crippen LogP contribution in [0.4, 0.5) is 8.78 Å². The zero-order valence-electron chi connectivity index (χ0n) is 31.1. The highest BCUT2D eigenvalue weighted by Crippen LogP contribution is 2.45. The quantitative estimate of drug-likeness (QED) is 0.168. The molecule has 2 saturated heterocycles. The molecule has 5 heterocycles. The Bertz CT molecular complexity index is 2540. The molecule has 0 bridgehead atoms. The molecule has 280 valence electrons. The van der Waals surface area contributed by atoms with Gasteiger partial charge in [0, 0.05) is 66.4 Å². The number of benzene rings is 3. The Morgan fingerprint density at radius 3 is 2.65 bits per heavy atom. The molecule has 0 spiro atoms. The molecule has 2 N–H and O–H groups in total. The molecular formula is C43H41F2N7O3. The third-order valence-electron chi connectivity index (χ3n) is 11.3. The molecular weight excluding hydrogens is 701 g/mol. The van der Waals surface area contributed by atoms with E-state index in [1.54, 1.807) is 30.5 Å². The molecule has 0 unspecified atom stereocenters. The first-order valence-corrected chi connectivity index (χ1v) is 18.7. The summed E-state index contributed by atoms with van der Waals surface area (Å²) in [6, 6.07) is 19.1. The molecule has 10 nitrogen and oxygen atoms in total. The van der Waals surface area contributed by atoms with E-state index in [2.05, 4.69) is 46.2 Å². The number of carbonyl (C=O) groups is 2. The molecule has 4 atom stereocenters. The fourth-order valence-electron chi connectivity index (χ4n) is 8.64. The largest absolute Gasteiger partial charge is 0.370 e. The maximum Gasteiger partial charge on any atom is 0.269 e. The SMILES string of the molecule is CNC(=O)c1ccc(-c2nc3c(F)c(-c4cccc5ccc(F)cc45)c(CCC#N)cc3c3c2cc([C@@H](C)N2CCOCC2=O)n3[C@H]2[C@H](C)CN[C@@H]2C)cn1. The Balaban J connectivity index is 1.51. The average molecular weight is 742 g/mol. The standard InChI is InChI=1S/C43H41F2N7O3/c1-23-20-48-24(2)41(23)52-35(25(3)51-15-16-55-22-36(51)53)19-33-39(28-11-13-34(49-21-28)43(54)47-4)50-40-32(42(33)52)17-27(8-6-14-46)37(38(40)45)30-9-5-7-26-10-12-29(44)18-31(26)30/h5,7,9-13,17-19,21,23-25,41,48H,6,8,15-16,20,22H2,1-4H3,(H,47,54)/t23-,24-,25-,41+/m1/s1. The zero-order valence-corrected chi connectivity index (χ0v) is 31.1. The average Bonchev–Trinajstić information content (AvgIpc) is 3.75. The lowest BCUT2D eigenvalue weighted by atomic mass is 9.90. The van der Waals surface area contributed by atoms with Gasteiger partial charge in [-0.25, -0.2) is 13.8 Å². The Morgan fingerprint density at radius 2 is 1.95 bits per heavy atom. The Kier molecular flexibility index (Phi) is 9.53. The van der Waals surface area contributed by atoms with Crippen molar-refractivity contribution in [3.63, 3.8) is 0 Å². The number of hydrogen-bond acceptors (Lipinski definition) is 7. The van der Waals surface area contributed by atoms with Crippen molar-refractivity contribution in [1.29, 1.82) is 5.26 Å². The van der Waals surface area contributed by atoms with Crippen LogP contribution in [0.1, 0.15) is 61.0 Å². The van der Waals surface area contributed by atoms with Gasteiger partial charge < -0.3 is 24.8 Å². The van der Waals surface area contributed by atoms with E-state index in [1.165, 1.54) is 19.2 Å². The van der Waals surface area contributed by atoms with Gasteiger partial charge in [0.1, 0.15) is 23.6 Å². The van der Waals surface area contributed by atoms with Crippen LogP contribution in [0, 0.1) is 28.9 Å². The molecule has 55 heavy (non-hydrogen) atoms. The fourth-order valence-corrected chi connectivity index (χ4v) is 8.64. The molecule has 2 aliphatic heterocycles. The summed E-state index contributed by atoms with van der Waals surface area (Å²) in [4.78, 5) is 37.1. The van der Waals surface area contributed by atoms with Crippen LogP contribution in [0.3, 0.4) is 0 Å². The maximum absolute atomic E-state index is 17.9. The fraction of sp³-hybridized carbons (Fsp3) is 0.326. The van der Waals surface area contributed by atoms with Gasteiger partial charge in [0.05, 0.1) is 36.0 Å². The van der Waals surface area contributed by atoms with Gasteiger partial charge in [-0.05, 0) is 84.5 Å². The van der Waals surface area contributed by atoms with Gasteiger partial charge in [-0.1, -0.05) is 31.2 Å². The number of ether oxygens (including phenoxy) is 1. The maximum atomic E-state index is 17.9. The molecule has 6 aromatic rings. The van der Waals surface area contributed by atoms with Gasteiger partial charge in [0.25, 0.3) is 5.91 Å². The van der Waals surface area contributed by atoms with E-state index in [0.29, 0.717) is 46.3 Å². The number of morpholine rings is 1. The van der Waals surface area contributed by atoms with Crippen LogP contribution < -0.4 is 10.6 Å². The van der Waals surface area contributed by atoms with Gasteiger partial charge in [-0.3, -0.25) is 14.6 Å². The number of hydrogen-bond donors (Lipinski definition) is 2. The second-order valence-corrected chi connectivity index (χ2v) is 14.6. The molecule has 0 radical (unpaired) electrons. The molecule has 3 aromatic heterocycles. The minimum absolute atomic E-state index is 0.00421. The first kappa shape index (κ1) is 36.2. The number of aromatic nitrogens is 3. The van der Waals surface area contributed by atoms with Gasteiger partial charge in [-0.2, -0.15) is 5.26 Å². The van der Waals surface area contributed by atoms with Gasteiger partial charge in [0.2, 0.25) is 5.91 Å². The van der Waals surface area contributed by atoms with Crippen LogP contribution in [-0.2, 0) is 16.0 Å². The molecule has 12 heteroatoms. The summed E-state index contributed by atoms with van der Waals surface area (Å²) in [5.41, 5.74) is 4.35. The monoisotopic (exact) mass is 741 g/mol. The number of nitriles is 1. The van der Waals surface area contributed by atoms with E-state index < -0.39 is 11.6 Å². The van der Waals surface area contributed by atoms with Crippen molar-refractivity contribution in [3.05, 3.63) is 95.4 Å². The van der Waals surface area contributed by atoms with Crippen LogP contribution in [0.25, 0.3) is 55.0 Å². The van der Waals surface area contributed by atoms with E-state index in [9.17, 15) is 19.2 Å². The smallest absolute Gasteiger partial charge is 0.269 e. The number of amides is 2. The highest BCUT2D eigenvalue weighted by Gasteiger charge is 2.38. The molecule has 2 aliphatic rings. The third-order valence-corrected chi connectivity index (χ3v) is 11.3. The number of aryl methyl sites for hydroxylation is 1. The van der Waals surface area contributed by atoms with Gasteiger partial charge in [-0.15, -0.1) is 0 Å². The topological polar surface area (TPSA) is 125 Å². The Morgan fingerprint density at radius 1 is 1.11 bits per heavy atom. The second-order valence-electron chi connectivity index (χ2n) is 14.6. The van der Waals surface area contributed by atoms with E-state index in [1.807, 2.05) is 30.0 Å². The molecule has 3 aromatic carbocycles. The van der Waals surface area contributed by atoms with Crippen molar-refractivity contribution < 1.29 is 23.1 Å². The highest BCUT2D eigenvalue weighted by molar-refractivity contribution is 6.12. The van der Waals surface area contributed by atoms with Crippen molar-refractivity contribution in [1.82, 2.24) is 30.1 Å². The van der Waals surface area contributed by atoms with Crippen LogP contribution in [-0.4, -0.2) is 70.6 Å². The van der Waals surface area contributed by atoms with Gasteiger partial charge >= 0.3 is 0 Å². The first-order valence-electron chi connectivity index (χ1n) is 18.7. The van der Waals surface area contributed by atoms with E-state index in [-0.39, 0.29) is 72.1 Å². The van der Waals surface area contributed by atoms with E-state index >= 15 is 4.39 Å². The van der Waals surface area contributed by atoms with Crippen molar-refractivity contribution >= 4 is 44.4 Å². The minimum Gasteiger partial charge on any atom is -0.370 e. The Hall–Kier alpha value is -5.77. The number of nitrogens with one attached hydrogen (secondary N) is 2. The summed E-state index contributed by atoms with van der Waals surface area (Å²) in [6.45, 7) is 7.93. The van der Waals surface area contributed by atoms with Crippen molar-refractivity contribution in [3.8, 4) is 28.5 Å². The number of fused-ring (bicyclic) bond motifs is 4. The predicted octanol–water partition coefficient (Wildman–Crippen LogP) is 7.25. The number of rotatable bonds is 8. The third kappa shape index (κ3) is 6.17. The summed E-state index contributed by atoms with van der Waals surface area (Å²) < 4.78 is 40.4. The summed E-state index contributed by atoms with van der Waals surface area (Å²) >= 11 is 0. The molecule has 0 saturated carbocycles. The number of halogens is 2. The van der Waals surface area contributed by atoms with Crippen molar-refractivity contribution in [2.45, 2.75) is 51.7 Å². The van der Waals surface area contributed by atoms with Gasteiger partial charge in [0.15, 0.2) is 5.82 Å². The van der Waals surface area contributed by atoms with Crippen molar-refractivity contribution in [2.75, 3.05) is 33.4 Å². The predicted molar refractivity (Wildman–Crippen MR) is 207 cm³/mol. The molecule has 8 rings (SSSR count). The summed E-state index contributed by atoms with van der Waals surface area (Å²) in [5.74, 6) is -1.31. The molecule has 2 amide bonds. The first-order chi connectivity index (χ1) is 26.6. The second kappa shape index (κ2) is 14.5. The summed E-state index contributed by atoms with van der Waals surface area (Å²) in [7, 11) is 1.53. The molecule has 0 aliphatic carbocycles. The lowest BCUT2D eigenvalue weighted by Gasteiger charge is -2.35. The Labute approximate surface area is 317 Å². The van der Waals surface area contributed by atoms with E-state index in [4.69, 9.17) is 9.72 Å². The molecule has 2 fully saturated rings. The summed E-state index contributed by atoms with van der Waals surface area (Å²) in [5, 5.41) is 18.6. The van der Waals surface area contributed by atoms with Crippen LogP contribution >= 0.6 is 0 Å². The van der Waals surface area contributed by atoms with Crippen LogP contribution in [0.2, 0.25) is 0 Å². The zero-order chi connectivity index (χ0) is 38.5. The summed E-state index contributed by atoms with van der Waals surface area (Å²) in [6.07, 6.45) is 1.96. The lowest BCUT2D eigenvalue weighted by Crippen LogP contribution is -2.43. The number of carbonyl (C=O) groups excluding carboxylic acids is 2.